The minimum absolute atomic E-state index is 0.0691. The number of rotatable bonds is 6. The molecular formula is C25H28ClN3O3. The van der Waals surface area contributed by atoms with Crippen LogP contribution in [0.5, 0.6) is 0 Å². The number of halogens is 1. The number of carbonyl (C=O) groups is 2. The molecule has 2 aromatic carbocycles. The van der Waals surface area contributed by atoms with Crippen molar-refractivity contribution in [2.45, 2.75) is 32.2 Å². The summed E-state index contributed by atoms with van der Waals surface area (Å²) in [6.45, 7) is 3.75. The lowest BCUT2D eigenvalue weighted by Crippen LogP contribution is -2.44. The highest BCUT2D eigenvalue weighted by molar-refractivity contribution is 6.30. The van der Waals surface area contributed by atoms with Crippen molar-refractivity contribution in [1.82, 2.24) is 9.91 Å². The number of nitrogens with zero attached hydrogens (tertiary/aromatic N) is 3. The summed E-state index contributed by atoms with van der Waals surface area (Å²) in [5.74, 6) is -0.417. The number of carbonyl (C=O) groups excluding carboxylic acids is 2. The topological polar surface area (TPSA) is 62.2 Å². The van der Waals surface area contributed by atoms with Gasteiger partial charge in [-0.25, -0.2) is 5.01 Å². The number of likely N-dealkylation sites (tertiary alicyclic amines) is 1. The third-order valence-electron chi connectivity index (χ3n) is 6.01. The highest BCUT2D eigenvalue weighted by atomic mass is 35.5. The molecule has 0 N–H and O–H groups in total. The predicted molar refractivity (Wildman–Crippen MR) is 124 cm³/mol. The largest absolute Gasteiger partial charge is 0.466 e. The van der Waals surface area contributed by atoms with Gasteiger partial charge in [0, 0.05) is 18.0 Å². The first-order valence-electron chi connectivity index (χ1n) is 11.1. The van der Waals surface area contributed by atoms with Crippen LogP contribution in [0.1, 0.15) is 43.4 Å². The molecule has 2 aliphatic heterocycles. The molecular weight excluding hydrogens is 426 g/mol. The number of piperidine rings is 1. The standard InChI is InChI=1S/C25H28ClN3O3/c1-2-32-25(31)20-9-6-14-28(16-20)17-24(30)29-23(19-10-12-21(26)13-11-19)15-22(27-29)18-7-4-3-5-8-18/h3-5,7-8,10-13,20,23H,2,6,9,14-17H2,1H3/t20-,23-/m1/s1. The summed E-state index contributed by atoms with van der Waals surface area (Å²) in [6, 6.07) is 17.4. The summed E-state index contributed by atoms with van der Waals surface area (Å²) in [6.07, 6.45) is 2.32. The van der Waals surface area contributed by atoms with Gasteiger partial charge in [-0.05, 0) is 49.6 Å². The van der Waals surface area contributed by atoms with Crippen LogP contribution < -0.4 is 0 Å². The number of hydrogen-bond acceptors (Lipinski definition) is 5. The Morgan fingerprint density at radius 3 is 2.59 bits per heavy atom. The molecule has 0 aliphatic carbocycles. The number of hydrazone groups is 1. The second-order valence-corrected chi connectivity index (χ2v) is 8.69. The SMILES string of the molecule is CCOC(=O)[C@@H]1CCCN(CC(=O)N2N=C(c3ccccc3)C[C@@H]2c2ccc(Cl)cc2)C1. The fourth-order valence-corrected chi connectivity index (χ4v) is 4.53. The molecule has 32 heavy (non-hydrogen) atoms. The van der Waals surface area contributed by atoms with Crippen LogP contribution in [0.3, 0.4) is 0 Å². The molecule has 0 saturated carbocycles. The molecule has 1 amide bonds. The lowest BCUT2D eigenvalue weighted by atomic mass is 9.97. The Hall–Kier alpha value is -2.70. The summed E-state index contributed by atoms with van der Waals surface area (Å²) in [4.78, 5) is 27.6. The third kappa shape index (κ3) is 5.19. The highest BCUT2D eigenvalue weighted by Gasteiger charge is 2.35. The monoisotopic (exact) mass is 453 g/mol. The van der Waals surface area contributed by atoms with Crippen molar-refractivity contribution < 1.29 is 14.3 Å². The van der Waals surface area contributed by atoms with Crippen LogP contribution in [-0.2, 0) is 14.3 Å². The van der Waals surface area contributed by atoms with E-state index >= 15 is 0 Å². The van der Waals surface area contributed by atoms with Gasteiger partial charge >= 0.3 is 5.97 Å². The molecule has 6 nitrogen and oxygen atoms in total. The van der Waals surface area contributed by atoms with E-state index in [-0.39, 0.29) is 30.4 Å². The number of amides is 1. The van der Waals surface area contributed by atoms with Crippen LogP contribution in [0.2, 0.25) is 5.02 Å². The fourth-order valence-electron chi connectivity index (χ4n) is 4.41. The summed E-state index contributed by atoms with van der Waals surface area (Å²) < 4.78 is 5.19. The first-order valence-corrected chi connectivity index (χ1v) is 11.5. The molecule has 0 radical (unpaired) electrons. The lowest BCUT2D eigenvalue weighted by molar-refractivity contribution is -0.150. The average molecular weight is 454 g/mol. The third-order valence-corrected chi connectivity index (χ3v) is 6.26. The van der Waals surface area contributed by atoms with Gasteiger partial charge in [0.25, 0.3) is 5.91 Å². The molecule has 2 aromatic rings. The maximum Gasteiger partial charge on any atom is 0.310 e. The Bertz CT molecular complexity index is 978. The zero-order valence-corrected chi connectivity index (χ0v) is 19.0. The number of benzene rings is 2. The lowest BCUT2D eigenvalue weighted by Gasteiger charge is -2.32. The van der Waals surface area contributed by atoms with Crippen LogP contribution in [0.4, 0.5) is 0 Å². The van der Waals surface area contributed by atoms with Crippen LogP contribution in [0.25, 0.3) is 0 Å². The van der Waals surface area contributed by atoms with Gasteiger partial charge in [0.2, 0.25) is 0 Å². The van der Waals surface area contributed by atoms with Crippen LogP contribution in [0.15, 0.2) is 59.7 Å². The van der Waals surface area contributed by atoms with E-state index in [1.165, 1.54) is 0 Å². The minimum atomic E-state index is -0.180. The van der Waals surface area contributed by atoms with Gasteiger partial charge in [0.15, 0.2) is 0 Å². The zero-order chi connectivity index (χ0) is 22.5. The Morgan fingerprint density at radius 2 is 1.88 bits per heavy atom. The summed E-state index contributed by atoms with van der Waals surface area (Å²) in [5.41, 5.74) is 2.91. The predicted octanol–water partition coefficient (Wildman–Crippen LogP) is 4.29. The zero-order valence-electron chi connectivity index (χ0n) is 18.2. The van der Waals surface area contributed by atoms with Crippen molar-refractivity contribution >= 4 is 29.2 Å². The van der Waals surface area contributed by atoms with E-state index in [0.717, 1.165) is 36.2 Å². The Labute approximate surface area is 193 Å². The first kappa shape index (κ1) is 22.5. The maximum atomic E-state index is 13.4. The van der Waals surface area contributed by atoms with E-state index in [1.54, 1.807) is 5.01 Å². The molecule has 2 heterocycles. The summed E-state index contributed by atoms with van der Waals surface area (Å²) >= 11 is 6.08. The molecule has 0 aromatic heterocycles. The van der Waals surface area contributed by atoms with E-state index < -0.39 is 0 Å². The summed E-state index contributed by atoms with van der Waals surface area (Å²) in [7, 11) is 0. The van der Waals surface area contributed by atoms with Crippen molar-refractivity contribution in [2.75, 3.05) is 26.2 Å². The molecule has 1 saturated heterocycles. The van der Waals surface area contributed by atoms with Crippen LogP contribution in [-0.4, -0.2) is 53.7 Å². The Balaban J connectivity index is 1.52. The first-order chi connectivity index (χ1) is 15.5. The molecule has 168 valence electrons. The molecule has 7 heteroatoms. The average Bonchev–Trinajstić information content (AvgIpc) is 3.26. The Kier molecular flexibility index (Phi) is 7.22. The maximum absolute atomic E-state index is 13.4. The van der Waals surface area contributed by atoms with Gasteiger partial charge in [-0.3, -0.25) is 14.5 Å². The van der Waals surface area contributed by atoms with Gasteiger partial charge < -0.3 is 4.74 Å². The molecule has 2 atom stereocenters. The van der Waals surface area contributed by atoms with Crippen LogP contribution >= 0.6 is 11.6 Å². The number of esters is 1. The quantitative estimate of drug-likeness (QED) is 0.612. The van der Waals surface area contributed by atoms with Gasteiger partial charge in [-0.15, -0.1) is 0 Å². The molecule has 0 spiro atoms. The second-order valence-electron chi connectivity index (χ2n) is 8.25. The van der Waals surface area contributed by atoms with Crippen molar-refractivity contribution in [1.29, 1.82) is 0 Å². The Morgan fingerprint density at radius 1 is 1.12 bits per heavy atom. The van der Waals surface area contributed by atoms with Crippen LogP contribution in [0, 0.1) is 5.92 Å². The van der Waals surface area contributed by atoms with E-state index in [4.69, 9.17) is 21.4 Å². The van der Waals surface area contributed by atoms with Crippen molar-refractivity contribution in [3.8, 4) is 0 Å². The number of hydrogen-bond donors (Lipinski definition) is 0. The van der Waals surface area contributed by atoms with Gasteiger partial charge in [0.05, 0.1) is 30.8 Å². The summed E-state index contributed by atoms with van der Waals surface area (Å²) in [5, 5.41) is 7.01. The van der Waals surface area contributed by atoms with E-state index in [2.05, 4.69) is 0 Å². The molecule has 1 fully saturated rings. The van der Waals surface area contributed by atoms with Gasteiger partial charge in [-0.2, -0.15) is 5.10 Å². The highest BCUT2D eigenvalue weighted by Crippen LogP contribution is 2.33. The van der Waals surface area contributed by atoms with E-state index in [1.807, 2.05) is 66.4 Å². The molecule has 0 bridgehead atoms. The van der Waals surface area contributed by atoms with Gasteiger partial charge in [-0.1, -0.05) is 54.1 Å². The minimum Gasteiger partial charge on any atom is -0.466 e. The fraction of sp³-hybridized carbons (Fsp3) is 0.400. The smallest absolute Gasteiger partial charge is 0.310 e. The molecule has 0 unspecified atom stereocenters. The number of ether oxygens (including phenoxy) is 1. The van der Waals surface area contributed by atoms with Crippen molar-refractivity contribution in [3.63, 3.8) is 0 Å². The molecule has 2 aliphatic rings. The normalized spacial score (nSPS) is 21.3. The van der Waals surface area contributed by atoms with E-state index in [0.29, 0.717) is 24.6 Å². The van der Waals surface area contributed by atoms with Crippen molar-refractivity contribution in [2.24, 2.45) is 11.0 Å². The second kappa shape index (κ2) is 10.3. The van der Waals surface area contributed by atoms with E-state index in [9.17, 15) is 9.59 Å². The van der Waals surface area contributed by atoms with Gasteiger partial charge in [0.1, 0.15) is 0 Å². The molecule has 4 rings (SSSR count). The van der Waals surface area contributed by atoms with Crippen molar-refractivity contribution in [3.05, 3.63) is 70.7 Å².